The first-order chi connectivity index (χ1) is 14.7. The Kier molecular flexibility index (Phi) is 5.43. The number of piperidine rings is 1. The van der Waals surface area contributed by atoms with Crippen LogP contribution in [0.5, 0.6) is 5.75 Å². The molecule has 0 spiro atoms. The average molecular weight is 416 g/mol. The normalized spacial score (nSPS) is 18.2. The molecule has 1 saturated heterocycles. The summed E-state index contributed by atoms with van der Waals surface area (Å²) in [6.45, 7) is 4.74. The lowest BCUT2D eigenvalue weighted by molar-refractivity contribution is 0.0762. The maximum atomic E-state index is 12.8. The number of imidazole rings is 1. The Bertz CT molecular complexity index is 1010. The van der Waals surface area contributed by atoms with Gasteiger partial charge in [0, 0.05) is 44.0 Å². The number of rotatable bonds is 6. The van der Waals surface area contributed by atoms with E-state index in [1.807, 2.05) is 30.5 Å². The van der Waals surface area contributed by atoms with E-state index in [4.69, 9.17) is 9.47 Å². The van der Waals surface area contributed by atoms with Crippen molar-refractivity contribution in [1.29, 1.82) is 0 Å². The molecule has 8 heteroatoms. The van der Waals surface area contributed by atoms with E-state index in [2.05, 4.69) is 14.5 Å². The van der Waals surface area contributed by atoms with Crippen molar-refractivity contribution in [3.8, 4) is 5.75 Å². The molecule has 4 heterocycles. The summed E-state index contributed by atoms with van der Waals surface area (Å²) in [5.74, 6) is 1.80. The van der Waals surface area contributed by atoms with E-state index in [0.29, 0.717) is 6.61 Å². The number of halogens is 2. The maximum Gasteiger partial charge on any atom is 0.256 e. The lowest BCUT2D eigenvalue weighted by Gasteiger charge is -2.32. The predicted octanol–water partition coefficient (Wildman–Crippen LogP) is 3.68. The molecule has 160 valence electrons. The number of ether oxygens (including phenoxy) is 2. The maximum absolute atomic E-state index is 12.8. The molecule has 0 amide bonds. The number of likely N-dealkylation sites (tertiary alicyclic amines) is 1. The first-order valence-corrected chi connectivity index (χ1v) is 10.5. The molecular weight excluding hydrogens is 390 g/mol. The summed E-state index contributed by atoms with van der Waals surface area (Å²) in [5, 5.41) is 0.897. The monoisotopic (exact) mass is 416 g/mol. The third-order valence-corrected chi connectivity index (χ3v) is 6.03. The van der Waals surface area contributed by atoms with Crippen molar-refractivity contribution in [3.05, 3.63) is 48.2 Å². The fourth-order valence-corrected chi connectivity index (χ4v) is 4.49. The van der Waals surface area contributed by atoms with Gasteiger partial charge in [0.15, 0.2) is 0 Å². The van der Waals surface area contributed by atoms with Gasteiger partial charge >= 0.3 is 0 Å². The molecule has 30 heavy (non-hydrogen) atoms. The quantitative estimate of drug-likeness (QED) is 0.615. The summed E-state index contributed by atoms with van der Waals surface area (Å²) in [6, 6.07) is 7.54. The number of hydrogen-bond acceptors (Lipinski definition) is 4. The smallest absolute Gasteiger partial charge is 0.256 e. The van der Waals surface area contributed by atoms with E-state index in [1.165, 1.54) is 5.69 Å². The van der Waals surface area contributed by atoms with Gasteiger partial charge in [-0.25, -0.2) is 13.8 Å². The van der Waals surface area contributed by atoms with Crippen LogP contribution >= 0.6 is 0 Å². The summed E-state index contributed by atoms with van der Waals surface area (Å²) in [6.07, 6.45) is 3.33. The number of nitrogens with zero attached hydrogens (tertiary/aromatic N) is 4. The fourth-order valence-electron chi connectivity index (χ4n) is 4.49. The second kappa shape index (κ2) is 8.35. The molecule has 0 unspecified atom stereocenters. The molecule has 0 radical (unpaired) electrons. The van der Waals surface area contributed by atoms with Crippen LogP contribution in [0, 0.1) is 0 Å². The second-order valence-electron chi connectivity index (χ2n) is 8.01. The van der Waals surface area contributed by atoms with Crippen LogP contribution < -0.4 is 4.74 Å². The highest BCUT2D eigenvalue weighted by molar-refractivity contribution is 5.86. The minimum atomic E-state index is -2.37. The standard InChI is InChI=1S/C22H26F2N4O2/c23-21(24)14-27-9-6-18-19(27)2-1-3-20(18)30-17-4-7-26(8-5-17)13-16-12-25-22-15-29-11-10-28(16)22/h1-3,6,9,12,17,21H,4-5,7-8,10-11,13-15H2. The number of alkyl halides is 2. The van der Waals surface area contributed by atoms with Gasteiger partial charge in [-0.15, -0.1) is 0 Å². The van der Waals surface area contributed by atoms with E-state index in [1.54, 1.807) is 10.8 Å². The van der Waals surface area contributed by atoms with Crippen molar-refractivity contribution < 1.29 is 18.3 Å². The number of benzene rings is 1. The van der Waals surface area contributed by atoms with Gasteiger partial charge < -0.3 is 18.6 Å². The molecule has 0 atom stereocenters. The van der Waals surface area contributed by atoms with E-state index in [9.17, 15) is 8.78 Å². The van der Waals surface area contributed by atoms with Gasteiger partial charge in [-0.05, 0) is 31.0 Å². The second-order valence-corrected chi connectivity index (χ2v) is 8.01. The zero-order valence-corrected chi connectivity index (χ0v) is 16.8. The van der Waals surface area contributed by atoms with Crippen LogP contribution in [0.15, 0.2) is 36.7 Å². The van der Waals surface area contributed by atoms with Crippen molar-refractivity contribution in [3.63, 3.8) is 0 Å². The minimum Gasteiger partial charge on any atom is -0.490 e. The first-order valence-electron chi connectivity index (χ1n) is 10.5. The van der Waals surface area contributed by atoms with Crippen molar-refractivity contribution in [2.24, 2.45) is 0 Å². The minimum absolute atomic E-state index is 0.137. The zero-order valence-electron chi connectivity index (χ0n) is 16.8. The molecule has 0 bridgehead atoms. The van der Waals surface area contributed by atoms with E-state index >= 15 is 0 Å². The first kappa shape index (κ1) is 19.5. The van der Waals surface area contributed by atoms with Gasteiger partial charge in [0.1, 0.15) is 24.3 Å². The van der Waals surface area contributed by atoms with Gasteiger partial charge in [-0.2, -0.15) is 0 Å². The highest BCUT2D eigenvalue weighted by Crippen LogP contribution is 2.30. The molecule has 2 aromatic heterocycles. The van der Waals surface area contributed by atoms with E-state index in [0.717, 1.165) is 68.1 Å². The third kappa shape index (κ3) is 3.94. The van der Waals surface area contributed by atoms with Crippen molar-refractivity contribution in [2.75, 3.05) is 19.7 Å². The highest BCUT2D eigenvalue weighted by atomic mass is 19.3. The summed E-state index contributed by atoms with van der Waals surface area (Å²) < 4.78 is 41.2. The van der Waals surface area contributed by atoms with Gasteiger partial charge in [-0.3, -0.25) is 4.90 Å². The Morgan fingerprint density at radius 2 is 2.03 bits per heavy atom. The summed E-state index contributed by atoms with van der Waals surface area (Å²) >= 11 is 0. The molecular formula is C22H26F2N4O2. The molecule has 0 aliphatic carbocycles. The summed E-state index contributed by atoms with van der Waals surface area (Å²) in [7, 11) is 0. The van der Waals surface area contributed by atoms with E-state index in [-0.39, 0.29) is 12.6 Å². The van der Waals surface area contributed by atoms with Crippen LogP contribution in [-0.4, -0.2) is 51.2 Å². The van der Waals surface area contributed by atoms with Crippen LogP contribution in [0.1, 0.15) is 24.4 Å². The molecule has 6 nitrogen and oxygen atoms in total. The number of aromatic nitrogens is 3. The Morgan fingerprint density at radius 3 is 2.87 bits per heavy atom. The van der Waals surface area contributed by atoms with Crippen LogP contribution in [0.25, 0.3) is 10.9 Å². The van der Waals surface area contributed by atoms with Gasteiger partial charge in [0.25, 0.3) is 6.43 Å². The SMILES string of the molecule is FC(F)Cn1ccc2c(OC3CCN(Cc4cnc5n4CCOC5)CC3)cccc21. The van der Waals surface area contributed by atoms with Gasteiger partial charge in [-0.1, -0.05) is 6.07 Å². The van der Waals surface area contributed by atoms with Gasteiger partial charge in [0.2, 0.25) is 0 Å². The van der Waals surface area contributed by atoms with Crippen LogP contribution in [0.4, 0.5) is 8.78 Å². The van der Waals surface area contributed by atoms with Crippen LogP contribution in [-0.2, 0) is 31.0 Å². The number of hydrogen-bond donors (Lipinski definition) is 0. The third-order valence-electron chi connectivity index (χ3n) is 6.03. The molecule has 5 rings (SSSR count). The zero-order chi connectivity index (χ0) is 20.5. The number of fused-ring (bicyclic) bond motifs is 2. The highest BCUT2D eigenvalue weighted by Gasteiger charge is 2.23. The Labute approximate surface area is 174 Å². The van der Waals surface area contributed by atoms with Crippen molar-refractivity contribution >= 4 is 10.9 Å². The molecule has 1 fully saturated rings. The molecule has 0 saturated carbocycles. The molecule has 2 aliphatic heterocycles. The average Bonchev–Trinajstić information content (AvgIpc) is 3.34. The largest absolute Gasteiger partial charge is 0.490 e. The van der Waals surface area contributed by atoms with Gasteiger partial charge in [0.05, 0.1) is 24.4 Å². The van der Waals surface area contributed by atoms with Crippen molar-refractivity contribution in [1.82, 2.24) is 19.0 Å². The summed E-state index contributed by atoms with van der Waals surface area (Å²) in [5.41, 5.74) is 2.04. The molecule has 3 aromatic rings. The van der Waals surface area contributed by atoms with Crippen LogP contribution in [0.3, 0.4) is 0 Å². The van der Waals surface area contributed by atoms with Crippen LogP contribution in [0.2, 0.25) is 0 Å². The Balaban J connectivity index is 1.20. The van der Waals surface area contributed by atoms with E-state index < -0.39 is 6.43 Å². The lowest BCUT2D eigenvalue weighted by atomic mass is 10.1. The topological polar surface area (TPSA) is 44.5 Å². The lowest BCUT2D eigenvalue weighted by Crippen LogP contribution is -2.38. The van der Waals surface area contributed by atoms with Crippen molar-refractivity contribution in [2.45, 2.75) is 51.6 Å². The Morgan fingerprint density at radius 1 is 1.17 bits per heavy atom. The predicted molar refractivity (Wildman–Crippen MR) is 109 cm³/mol. The molecule has 2 aliphatic rings. The summed E-state index contributed by atoms with van der Waals surface area (Å²) in [4.78, 5) is 6.92. The molecule has 0 N–H and O–H groups in total. The Hall–Kier alpha value is -2.45. The fraction of sp³-hybridized carbons (Fsp3) is 0.500. The molecule has 1 aromatic carbocycles.